The van der Waals surface area contributed by atoms with Crippen molar-refractivity contribution in [3.8, 4) is 11.3 Å². The average molecular weight is 600 g/mol. The van der Waals surface area contributed by atoms with Crippen molar-refractivity contribution in [1.82, 2.24) is 24.8 Å². The molecule has 44 heavy (non-hydrogen) atoms. The molecule has 0 radical (unpaired) electrons. The molecule has 1 aromatic carbocycles. The van der Waals surface area contributed by atoms with Crippen molar-refractivity contribution in [3.63, 3.8) is 0 Å². The van der Waals surface area contributed by atoms with Gasteiger partial charge < -0.3 is 30.9 Å². The van der Waals surface area contributed by atoms with E-state index in [2.05, 4.69) is 56.4 Å². The number of primary amides is 1. The Morgan fingerprint density at radius 2 is 1.68 bits per heavy atom. The normalized spacial score (nSPS) is 19.2. The number of ether oxygens (including phenoxy) is 1. The molecule has 6 rings (SSSR count). The molecule has 0 bridgehead atoms. The SMILES string of the molecule is Cc1cc(-c2nc(C(N)=O)c(Nc3ccc(N4CCC(N5CCN(C)CC5)CC4)c(C)c3)nc2NC2CCOCC2)ccn1. The number of nitrogens with one attached hydrogen (secondary N) is 2. The molecule has 3 aliphatic rings. The minimum atomic E-state index is -0.638. The lowest BCUT2D eigenvalue weighted by Gasteiger charge is -2.43. The maximum absolute atomic E-state index is 12.7. The summed E-state index contributed by atoms with van der Waals surface area (Å²) >= 11 is 0. The van der Waals surface area contributed by atoms with E-state index in [0.29, 0.717) is 36.6 Å². The highest BCUT2D eigenvalue weighted by Crippen LogP contribution is 2.33. The number of anilines is 4. The number of piperazine rings is 1. The molecule has 2 aromatic heterocycles. The smallest absolute Gasteiger partial charge is 0.271 e. The van der Waals surface area contributed by atoms with Gasteiger partial charge in [-0.2, -0.15) is 0 Å². The molecule has 11 nitrogen and oxygen atoms in total. The number of aromatic nitrogens is 3. The van der Waals surface area contributed by atoms with Crippen molar-refractivity contribution in [3.05, 3.63) is 53.5 Å². The summed E-state index contributed by atoms with van der Waals surface area (Å²) in [4.78, 5) is 34.3. The zero-order valence-corrected chi connectivity index (χ0v) is 26.2. The molecule has 3 aromatic rings. The fourth-order valence-corrected chi connectivity index (χ4v) is 6.61. The van der Waals surface area contributed by atoms with Crippen LogP contribution in [0.2, 0.25) is 0 Å². The van der Waals surface area contributed by atoms with Gasteiger partial charge in [0.25, 0.3) is 5.91 Å². The maximum Gasteiger partial charge on any atom is 0.271 e. The summed E-state index contributed by atoms with van der Waals surface area (Å²) in [6.45, 7) is 12.2. The van der Waals surface area contributed by atoms with Gasteiger partial charge in [-0.25, -0.2) is 9.97 Å². The van der Waals surface area contributed by atoms with Crippen molar-refractivity contribution in [2.75, 3.05) is 75.1 Å². The van der Waals surface area contributed by atoms with Gasteiger partial charge in [-0.3, -0.25) is 14.7 Å². The molecule has 0 aliphatic carbocycles. The van der Waals surface area contributed by atoms with Crippen LogP contribution in [-0.4, -0.2) is 102 Å². The molecule has 0 atom stereocenters. The van der Waals surface area contributed by atoms with Crippen molar-refractivity contribution >= 4 is 28.9 Å². The van der Waals surface area contributed by atoms with Gasteiger partial charge in [0, 0.05) is 93.4 Å². The van der Waals surface area contributed by atoms with E-state index < -0.39 is 5.91 Å². The molecule has 234 valence electrons. The third-order valence-electron chi connectivity index (χ3n) is 9.18. The highest BCUT2D eigenvalue weighted by Gasteiger charge is 2.28. The van der Waals surface area contributed by atoms with Crippen LogP contribution in [0, 0.1) is 13.8 Å². The molecule has 11 heteroatoms. The number of hydrogen-bond donors (Lipinski definition) is 3. The largest absolute Gasteiger partial charge is 0.381 e. The van der Waals surface area contributed by atoms with Crippen LogP contribution in [0.3, 0.4) is 0 Å². The highest BCUT2D eigenvalue weighted by molar-refractivity contribution is 5.97. The molecule has 4 N–H and O–H groups in total. The maximum atomic E-state index is 12.7. The first-order valence-electron chi connectivity index (χ1n) is 15.9. The van der Waals surface area contributed by atoms with Gasteiger partial charge >= 0.3 is 0 Å². The Hall–Kier alpha value is -3.80. The number of nitrogens with zero attached hydrogens (tertiary/aromatic N) is 6. The molecule has 3 fully saturated rings. The van der Waals surface area contributed by atoms with Crippen molar-refractivity contribution in [2.24, 2.45) is 5.73 Å². The fourth-order valence-electron chi connectivity index (χ4n) is 6.61. The Balaban J connectivity index is 1.22. The number of benzene rings is 1. The van der Waals surface area contributed by atoms with E-state index in [0.717, 1.165) is 56.0 Å². The van der Waals surface area contributed by atoms with E-state index in [1.54, 1.807) is 6.20 Å². The van der Waals surface area contributed by atoms with Crippen LogP contribution in [0.5, 0.6) is 0 Å². The second-order valence-corrected chi connectivity index (χ2v) is 12.4. The second-order valence-electron chi connectivity index (χ2n) is 12.4. The summed E-state index contributed by atoms with van der Waals surface area (Å²) in [6.07, 6.45) is 5.84. The number of hydrogen-bond acceptors (Lipinski definition) is 10. The van der Waals surface area contributed by atoms with Crippen LogP contribution in [0.25, 0.3) is 11.3 Å². The first-order valence-corrected chi connectivity index (χ1v) is 15.9. The number of rotatable bonds is 8. The summed E-state index contributed by atoms with van der Waals surface area (Å²) in [5, 5.41) is 6.94. The summed E-state index contributed by atoms with van der Waals surface area (Å²) in [5.41, 5.74) is 11.5. The summed E-state index contributed by atoms with van der Waals surface area (Å²) in [6, 6.07) is 11.0. The number of pyridine rings is 1. The summed E-state index contributed by atoms with van der Waals surface area (Å²) in [5.74, 6) is 0.300. The minimum absolute atomic E-state index is 0.0969. The minimum Gasteiger partial charge on any atom is -0.381 e. The molecule has 1 amide bonds. The number of carbonyl (C=O) groups excluding carboxylic acids is 1. The van der Waals surface area contributed by atoms with Crippen molar-refractivity contribution < 1.29 is 9.53 Å². The van der Waals surface area contributed by atoms with Crippen LogP contribution in [0.1, 0.15) is 47.4 Å². The number of likely N-dealkylation sites (N-methyl/N-ethyl adjacent to an activating group) is 1. The first kappa shape index (κ1) is 30.2. The predicted octanol–water partition coefficient (Wildman–Crippen LogP) is 3.81. The molecular weight excluding hydrogens is 554 g/mol. The Kier molecular flexibility index (Phi) is 9.25. The van der Waals surface area contributed by atoms with Gasteiger partial charge in [0.2, 0.25) is 0 Å². The standard InChI is InChI=1S/C33H45N9O2/c1-22-20-26(4-5-28(22)42-12-7-27(8-13-42)41-16-14-40(3)15-17-41)37-33-30(31(34)43)38-29(24-6-11-35-23(2)21-24)32(39-33)36-25-9-18-44-19-10-25/h4-6,11,20-21,25,27H,7-10,12-19H2,1-3H3,(H2,34,43)(H2,36,37,39). The van der Waals surface area contributed by atoms with E-state index >= 15 is 0 Å². The van der Waals surface area contributed by atoms with Crippen LogP contribution in [-0.2, 0) is 4.74 Å². The molecule has 0 saturated carbocycles. The quantitative estimate of drug-likeness (QED) is 0.352. The number of carbonyl (C=O) groups is 1. The third kappa shape index (κ3) is 6.95. The average Bonchev–Trinajstić information content (AvgIpc) is 3.02. The highest BCUT2D eigenvalue weighted by atomic mass is 16.5. The van der Waals surface area contributed by atoms with Crippen LogP contribution in [0.15, 0.2) is 36.5 Å². The Morgan fingerprint density at radius 3 is 2.36 bits per heavy atom. The monoisotopic (exact) mass is 599 g/mol. The van der Waals surface area contributed by atoms with Crippen LogP contribution < -0.4 is 21.3 Å². The zero-order valence-electron chi connectivity index (χ0n) is 26.2. The van der Waals surface area contributed by atoms with Crippen LogP contribution >= 0.6 is 0 Å². The predicted molar refractivity (Wildman–Crippen MR) is 175 cm³/mol. The fraction of sp³-hybridized carbons (Fsp3) is 0.515. The number of piperidine rings is 1. The molecular formula is C33H45N9O2. The number of aryl methyl sites for hydroxylation is 2. The summed E-state index contributed by atoms with van der Waals surface area (Å²) in [7, 11) is 2.21. The Bertz CT molecular complexity index is 1460. The van der Waals surface area contributed by atoms with E-state index in [1.807, 2.05) is 25.1 Å². The van der Waals surface area contributed by atoms with E-state index in [9.17, 15) is 4.79 Å². The molecule has 3 aliphatic heterocycles. The molecule has 3 saturated heterocycles. The van der Waals surface area contributed by atoms with E-state index in [4.69, 9.17) is 20.4 Å². The van der Waals surface area contributed by atoms with E-state index in [1.165, 1.54) is 37.2 Å². The van der Waals surface area contributed by atoms with Gasteiger partial charge in [-0.1, -0.05) is 0 Å². The van der Waals surface area contributed by atoms with Gasteiger partial charge in [0.15, 0.2) is 17.3 Å². The Morgan fingerprint density at radius 1 is 0.932 bits per heavy atom. The lowest BCUT2D eigenvalue weighted by molar-refractivity contribution is 0.0904. The molecule has 0 spiro atoms. The van der Waals surface area contributed by atoms with Gasteiger partial charge in [0.1, 0.15) is 5.69 Å². The first-order chi connectivity index (χ1) is 21.3. The van der Waals surface area contributed by atoms with Crippen molar-refractivity contribution in [1.29, 1.82) is 0 Å². The van der Waals surface area contributed by atoms with Crippen LogP contribution in [0.4, 0.5) is 23.0 Å². The number of amides is 1. The molecule has 5 heterocycles. The zero-order chi connectivity index (χ0) is 30.6. The third-order valence-corrected chi connectivity index (χ3v) is 9.18. The van der Waals surface area contributed by atoms with Crippen molar-refractivity contribution in [2.45, 2.75) is 51.6 Å². The van der Waals surface area contributed by atoms with Gasteiger partial charge in [-0.15, -0.1) is 0 Å². The van der Waals surface area contributed by atoms with Gasteiger partial charge in [-0.05, 0) is 82.5 Å². The lowest BCUT2D eigenvalue weighted by Crippen LogP contribution is -2.52. The number of nitrogens with two attached hydrogens (primary N) is 1. The van der Waals surface area contributed by atoms with Gasteiger partial charge in [0.05, 0.1) is 0 Å². The topological polar surface area (TPSA) is 125 Å². The summed E-state index contributed by atoms with van der Waals surface area (Å²) < 4.78 is 5.56. The Labute approximate surface area is 260 Å². The molecule has 0 unspecified atom stereocenters. The second kappa shape index (κ2) is 13.5. The lowest BCUT2D eigenvalue weighted by atomic mass is 10.0. The van der Waals surface area contributed by atoms with E-state index in [-0.39, 0.29) is 11.7 Å².